The standard InChI is InChI=1S/C16H28N2OS/c1-4-9-13-14(12-17-5-2)20-15(18-13)16(19-3)10-7-6-8-11-16/h17H,4-12H2,1-3H3. The first-order valence-electron chi connectivity index (χ1n) is 8.00. The number of aromatic nitrogens is 1. The number of hydrogen-bond acceptors (Lipinski definition) is 4. The first-order chi connectivity index (χ1) is 9.75. The van der Waals surface area contributed by atoms with Crippen molar-refractivity contribution in [3.63, 3.8) is 0 Å². The lowest BCUT2D eigenvalue weighted by Gasteiger charge is -2.34. The van der Waals surface area contributed by atoms with Crippen molar-refractivity contribution in [2.75, 3.05) is 13.7 Å². The second kappa shape index (κ2) is 7.53. The monoisotopic (exact) mass is 296 g/mol. The molecule has 0 spiro atoms. The molecule has 0 radical (unpaired) electrons. The van der Waals surface area contributed by atoms with E-state index in [0.29, 0.717) is 0 Å². The maximum Gasteiger partial charge on any atom is 0.125 e. The van der Waals surface area contributed by atoms with E-state index in [0.717, 1.165) is 38.8 Å². The third kappa shape index (κ3) is 3.41. The fraction of sp³-hybridized carbons (Fsp3) is 0.812. The van der Waals surface area contributed by atoms with Gasteiger partial charge < -0.3 is 10.1 Å². The Bertz CT molecular complexity index is 411. The fourth-order valence-electron chi connectivity index (χ4n) is 3.02. The van der Waals surface area contributed by atoms with Crippen LogP contribution in [0.4, 0.5) is 0 Å². The molecule has 1 heterocycles. The van der Waals surface area contributed by atoms with Gasteiger partial charge in [0.25, 0.3) is 0 Å². The van der Waals surface area contributed by atoms with E-state index in [4.69, 9.17) is 9.72 Å². The molecular weight excluding hydrogens is 268 g/mol. The van der Waals surface area contributed by atoms with Crippen LogP contribution >= 0.6 is 11.3 Å². The van der Waals surface area contributed by atoms with E-state index >= 15 is 0 Å². The van der Waals surface area contributed by atoms with Crippen LogP contribution in [-0.4, -0.2) is 18.6 Å². The Morgan fingerprint density at radius 1 is 1.25 bits per heavy atom. The molecule has 20 heavy (non-hydrogen) atoms. The average molecular weight is 296 g/mol. The van der Waals surface area contributed by atoms with Gasteiger partial charge in [0.2, 0.25) is 0 Å². The van der Waals surface area contributed by atoms with Gasteiger partial charge >= 0.3 is 0 Å². The zero-order chi connectivity index (χ0) is 14.4. The minimum absolute atomic E-state index is 0.101. The molecule has 1 aliphatic carbocycles. The molecule has 2 rings (SSSR count). The maximum absolute atomic E-state index is 5.94. The third-order valence-electron chi connectivity index (χ3n) is 4.24. The van der Waals surface area contributed by atoms with Crippen LogP contribution in [0.25, 0.3) is 0 Å². The number of ether oxygens (including phenoxy) is 1. The van der Waals surface area contributed by atoms with Gasteiger partial charge in [-0.05, 0) is 25.8 Å². The zero-order valence-corrected chi connectivity index (χ0v) is 13.9. The van der Waals surface area contributed by atoms with Crippen LogP contribution in [0.5, 0.6) is 0 Å². The molecule has 114 valence electrons. The van der Waals surface area contributed by atoms with E-state index in [1.807, 2.05) is 18.4 Å². The van der Waals surface area contributed by atoms with E-state index in [2.05, 4.69) is 19.2 Å². The van der Waals surface area contributed by atoms with Gasteiger partial charge in [-0.2, -0.15) is 0 Å². The molecule has 1 N–H and O–H groups in total. The molecular formula is C16H28N2OS. The number of nitrogens with one attached hydrogen (secondary N) is 1. The van der Waals surface area contributed by atoms with Crippen LogP contribution in [-0.2, 0) is 23.3 Å². The number of hydrogen-bond donors (Lipinski definition) is 1. The number of methoxy groups -OCH3 is 1. The SMILES string of the molecule is CCCc1nc(C2(OC)CCCCC2)sc1CNCC. The Kier molecular flexibility index (Phi) is 6.00. The van der Waals surface area contributed by atoms with Crippen LogP contribution in [0.2, 0.25) is 0 Å². The second-order valence-corrected chi connectivity index (χ2v) is 6.76. The summed E-state index contributed by atoms with van der Waals surface area (Å²) in [7, 11) is 1.86. The Morgan fingerprint density at radius 2 is 2.00 bits per heavy atom. The van der Waals surface area contributed by atoms with E-state index < -0.39 is 0 Å². The minimum Gasteiger partial charge on any atom is -0.371 e. The molecule has 0 atom stereocenters. The molecule has 1 aliphatic rings. The molecule has 0 amide bonds. The Morgan fingerprint density at radius 3 is 2.60 bits per heavy atom. The van der Waals surface area contributed by atoms with Gasteiger partial charge in [-0.25, -0.2) is 4.98 Å². The van der Waals surface area contributed by atoms with Crippen LogP contribution in [0.3, 0.4) is 0 Å². The lowest BCUT2D eigenvalue weighted by atomic mass is 9.85. The summed E-state index contributed by atoms with van der Waals surface area (Å²) in [5.41, 5.74) is 1.19. The molecule has 1 fully saturated rings. The van der Waals surface area contributed by atoms with Gasteiger partial charge in [0, 0.05) is 18.5 Å². The highest BCUT2D eigenvalue weighted by Gasteiger charge is 2.37. The normalized spacial score (nSPS) is 18.4. The molecule has 0 aliphatic heterocycles. The van der Waals surface area contributed by atoms with Crippen molar-refractivity contribution in [2.24, 2.45) is 0 Å². The van der Waals surface area contributed by atoms with Crippen LogP contribution in [0.1, 0.15) is 68.0 Å². The second-order valence-electron chi connectivity index (χ2n) is 5.68. The minimum atomic E-state index is -0.101. The van der Waals surface area contributed by atoms with Gasteiger partial charge in [-0.1, -0.05) is 39.5 Å². The predicted molar refractivity (Wildman–Crippen MR) is 85.3 cm³/mol. The highest BCUT2D eigenvalue weighted by Crippen LogP contribution is 2.42. The average Bonchev–Trinajstić information content (AvgIpc) is 2.90. The topological polar surface area (TPSA) is 34.1 Å². The summed E-state index contributed by atoms with van der Waals surface area (Å²) in [6, 6.07) is 0. The van der Waals surface area contributed by atoms with Crippen molar-refractivity contribution >= 4 is 11.3 Å². The van der Waals surface area contributed by atoms with Gasteiger partial charge in [0.05, 0.1) is 5.69 Å². The van der Waals surface area contributed by atoms with E-state index in [-0.39, 0.29) is 5.60 Å². The lowest BCUT2D eigenvalue weighted by molar-refractivity contribution is -0.0447. The number of aryl methyl sites for hydroxylation is 1. The van der Waals surface area contributed by atoms with Gasteiger partial charge in [-0.15, -0.1) is 11.3 Å². The third-order valence-corrected chi connectivity index (χ3v) is 5.53. The summed E-state index contributed by atoms with van der Waals surface area (Å²) in [5.74, 6) is 0. The summed E-state index contributed by atoms with van der Waals surface area (Å²) < 4.78 is 5.94. The van der Waals surface area contributed by atoms with E-state index in [1.54, 1.807) is 0 Å². The molecule has 1 aromatic rings. The summed E-state index contributed by atoms with van der Waals surface area (Å²) in [6.45, 7) is 6.33. The van der Waals surface area contributed by atoms with Gasteiger partial charge in [-0.3, -0.25) is 0 Å². The molecule has 0 bridgehead atoms. The molecule has 0 saturated heterocycles. The number of rotatable bonds is 7. The van der Waals surface area contributed by atoms with Gasteiger partial charge in [0.15, 0.2) is 0 Å². The summed E-state index contributed by atoms with van der Waals surface area (Å²) >= 11 is 1.87. The molecule has 3 nitrogen and oxygen atoms in total. The van der Waals surface area contributed by atoms with E-state index in [9.17, 15) is 0 Å². The van der Waals surface area contributed by atoms with Crippen molar-refractivity contribution in [1.29, 1.82) is 0 Å². The molecule has 0 aromatic carbocycles. The van der Waals surface area contributed by atoms with E-state index in [1.165, 1.54) is 34.8 Å². The van der Waals surface area contributed by atoms with Crippen molar-refractivity contribution in [3.8, 4) is 0 Å². The molecule has 4 heteroatoms. The largest absolute Gasteiger partial charge is 0.371 e. The van der Waals surface area contributed by atoms with Crippen molar-refractivity contribution < 1.29 is 4.74 Å². The predicted octanol–water partition coefficient (Wildman–Crippen LogP) is 4.01. The summed E-state index contributed by atoms with van der Waals surface area (Å²) in [5, 5.41) is 4.66. The molecule has 1 saturated carbocycles. The quantitative estimate of drug-likeness (QED) is 0.825. The van der Waals surface area contributed by atoms with Crippen LogP contribution in [0.15, 0.2) is 0 Å². The van der Waals surface area contributed by atoms with Crippen LogP contribution in [0, 0.1) is 0 Å². The van der Waals surface area contributed by atoms with Crippen molar-refractivity contribution in [1.82, 2.24) is 10.3 Å². The van der Waals surface area contributed by atoms with Crippen LogP contribution < -0.4 is 5.32 Å². The first-order valence-corrected chi connectivity index (χ1v) is 8.82. The number of thiazole rings is 1. The Hall–Kier alpha value is -0.450. The lowest BCUT2D eigenvalue weighted by Crippen LogP contribution is -2.31. The molecule has 1 aromatic heterocycles. The fourth-order valence-corrected chi connectivity index (χ4v) is 4.32. The van der Waals surface area contributed by atoms with Crippen molar-refractivity contribution in [3.05, 3.63) is 15.6 Å². The van der Waals surface area contributed by atoms with Crippen molar-refractivity contribution in [2.45, 2.75) is 70.9 Å². The smallest absolute Gasteiger partial charge is 0.125 e. The highest BCUT2D eigenvalue weighted by molar-refractivity contribution is 7.11. The Labute approximate surface area is 127 Å². The Balaban J connectivity index is 2.25. The zero-order valence-electron chi connectivity index (χ0n) is 13.1. The maximum atomic E-state index is 5.94. The summed E-state index contributed by atoms with van der Waals surface area (Å²) in [4.78, 5) is 6.38. The number of nitrogens with zero attached hydrogens (tertiary/aromatic N) is 1. The molecule has 0 unspecified atom stereocenters. The van der Waals surface area contributed by atoms with Gasteiger partial charge in [0.1, 0.15) is 10.6 Å². The highest BCUT2D eigenvalue weighted by atomic mass is 32.1. The first kappa shape index (κ1) is 15.9. The summed E-state index contributed by atoms with van der Waals surface area (Å²) in [6.07, 6.45) is 8.35.